The number of ether oxygens (including phenoxy) is 8. The number of hydrogen-bond acceptors (Lipinski definition) is 12. The molecule has 12 nitrogen and oxygen atoms in total. The number of fused-ring (bicyclic) bond motifs is 5. The number of anilines is 1. The van der Waals surface area contributed by atoms with Gasteiger partial charge in [-0.1, -0.05) is 6.92 Å². The van der Waals surface area contributed by atoms with Crippen molar-refractivity contribution in [3.8, 4) is 57.3 Å². The predicted octanol–water partition coefficient (Wildman–Crippen LogP) is 5.27. The number of carbonyl (C=O) groups excluding carboxylic acids is 1. The van der Waals surface area contributed by atoms with Crippen molar-refractivity contribution < 1.29 is 42.7 Å². The first-order chi connectivity index (χ1) is 22.0. The van der Waals surface area contributed by atoms with Gasteiger partial charge in [-0.05, 0) is 48.5 Å². The van der Waals surface area contributed by atoms with E-state index in [0.717, 1.165) is 57.4 Å². The maximum absolute atomic E-state index is 12.6. The molecule has 226 valence electrons. The van der Waals surface area contributed by atoms with Crippen LogP contribution in [0.5, 0.6) is 46.0 Å². The van der Waals surface area contributed by atoms with Crippen molar-refractivity contribution in [3.63, 3.8) is 0 Å². The SMILES string of the molecule is CCc1nc(-c2ccc3c(c2)OCO3)c2cc3c(cc2n1)OCO3.Nc1cc2c(cc1C(=O)c1ccc3c(c1)OCO3)OCO2. The fourth-order valence-electron chi connectivity index (χ4n) is 5.34. The summed E-state index contributed by atoms with van der Waals surface area (Å²) in [7, 11) is 0. The van der Waals surface area contributed by atoms with Gasteiger partial charge in [0.2, 0.25) is 27.2 Å². The molecule has 1 aromatic heterocycles. The smallest absolute Gasteiger partial charge is 0.231 e. The van der Waals surface area contributed by atoms with Gasteiger partial charge in [-0.15, -0.1) is 0 Å². The molecule has 0 saturated heterocycles. The van der Waals surface area contributed by atoms with Crippen LogP contribution in [-0.2, 0) is 6.42 Å². The molecule has 5 aromatic rings. The van der Waals surface area contributed by atoms with Crippen LogP contribution in [0, 0.1) is 0 Å². The number of nitrogens with zero attached hydrogens (tertiary/aromatic N) is 2. The van der Waals surface area contributed by atoms with Crippen LogP contribution in [0.15, 0.2) is 60.7 Å². The van der Waals surface area contributed by atoms with E-state index in [-0.39, 0.29) is 33.0 Å². The summed E-state index contributed by atoms with van der Waals surface area (Å²) in [6, 6.07) is 17.9. The van der Waals surface area contributed by atoms with Crippen molar-refractivity contribution in [2.24, 2.45) is 0 Å². The lowest BCUT2D eigenvalue weighted by molar-refractivity contribution is 0.103. The van der Waals surface area contributed by atoms with Gasteiger partial charge in [-0.25, -0.2) is 9.97 Å². The largest absolute Gasteiger partial charge is 0.454 e. The van der Waals surface area contributed by atoms with Crippen molar-refractivity contribution in [1.82, 2.24) is 9.97 Å². The number of nitrogen functional groups attached to an aromatic ring is 1. The topological polar surface area (TPSA) is 143 Å². The van der Waals surface area contributed by atoms with Crippen LogP contribution in [0.4, 0.5) is 5.69 Å². The molecule has 0 saturated carbocycles. The van der Waals surface area contributed by atoms with E-state index in [9.17, 15) is 4.79 Å². The van der Waals surface area contributed by atoms with E-state index >= 15 is 0 Å². The Kier molecular flexibility index (Phi) is 6.33. The van der Waals surface area contributed by atoms with Crippen molar-refractivity contribution in [2.75, 3.05) is 32.9 Å². The van der Waals surface area contributed by atoms with Crippen LogP contribution in [0.2, 0.25) is 0 Å². The lowest BCUT2D eigenvalue weighted by Crippen LogP contribution is -2.05. The summed E-state index contributed by atoms with van der Waals surface area (Å²) in [5.41, 5.74) is 9.79. The quantitative estimate of drug-likeness (QED) is 0.210. The predicted molar refractivity (Wildman–Crippen MR) is 160 cm³/mol. The third kappa shape index (κ3) is 4.76. The summed E-state index contributed by atoms with van der Waals surface area (Å²) in [5.74, 6) is 5.77. The zero-order chi connectivity index (χ0) is 30.5. The van der Waals surface area contributed by atoms with Crippen molar-refractivity contribution in [2.45, 2.75) is 13.3 Å². The Labute approximate surface area is 256 Å². The Bertz CT molecular complexity index is 2010. The first kappa shape index (κ1) is 26.7. The van der Waals surface area contributed by atoms with Crippen molar-refractivity contribution >= 4 is 22.4 Å². The normalized spacial score (nSPS) is 14.3. The van der Waals surface area contributed by atoms with Crippen LogP contribution in [0.25, 0.3) is 22.2 Å². The molecule has 4 aromatic carbocycles. The molecule has 0 bridgehead atoms. The Morgan fingerprint density at radius 3 is 1.89 bits per heavy atom. The molecular formula is C33H25N3O9. The highest BCUT2D eigenvalue weighted by atomic mass is 16.7. The minimum Gasteiger partial charge on any atom is -0.454 e. The molecular weight excluding hydrogens is 582 g/mol. The van der Waals surface area contributed by atoms with E-state index in [1.807, 2.05) is 37.3 Å². The Hall–Kier alpha value is -5.91. The number of rotatable bonds is 4. The second kappa shape index (κ2) is 10.7. The average molecular weight is 608 g/mol. The first-order valence-corrected chi connectivity index (χ1v) is 14.2. The summed E-state index contributed by atoms with van der Waals surface area (Å²) >= 11 is 0. The Morgan fingerprint density at radius 2 is 1.20 bits per heavy atom. The van der Waals surface area contributed by atoms with Crippen LogP contribution in [-0.4, -0.2) is 42.9 Å². The standard InChI is InChI=1S/C18H14N2O4.C15H11NO5/c1-2-17-19-12-7-16-15(23-9-24-16)6-11(12)18(20-17)10-3-4-13-14(5-10)22-8-21-13;16-10-5-14-13(20-7-21-14)4-9(10)15(17)8-1-2-11-12(3-8)19-6-18-11/h3-7H,2,8-9H2,1H3;1-5H,6-7,16H2. The molecule has 0 spiro atoms. The van der Waals surface area contributed by atoms with Gasteiger partial charge in [0, 0.05) is 46.3 Å². The molecule has 0 amide bonds. The highest BCUT2D eigenvalue weighted by Gasteiger charge is 2.23. The third-order valence-electron chi connectivity index (χ3n) is 7.62. The summed E-state index contributed by atoms with van der Waals surface area (Å²) in [6.45, 7) is 2.83. The third-order valence-corrected chi connectivity index (χ3v) is 7.62. The number of benzene rings is 4. The highest BCUT2D eigenvalue weighted by molar-refractivity contribution is 6.12. The molecule has 9 rings (SSSR count). The zero-order valence-electron chi connectivity index (χ0n) is 24.0. The summed E-state index contributed by atoms with van der Waals surface area (Å²) in [6.07, 6.45) is 0.752. The maximum Gasteiger partial charge on any atom is 0.231 e. The monoisotopic (exact) mass is 607 g/mol. The van der Waals surface area contributed by atoms with Crippen molar-refractivity contribution in [3.05, 3.63) is 77.6 Å². The Balaban J connectivity index is 0.000000135. The molecule has 0 unspecified atom stereocenters. The molecule has 0 aliphatic carbocycles. The minimum atomic E-state index is -0.205. The molecule has 12 heteroatoms. The van der Waals surface area contributed by atoms with E-state index in [1.54, 1.807) is 30.3 Å². The zero-order valence-corrected chi connectivity index (χ0v) is 24.0. The van der Waals surface area contributed by atoms with E-state index in [1.165, 1.54) is 0 Å². The summed E-state index contributed by atoms with van der Waals surface area (Å²) < 4.78 is 42.9. The molecule has 0 atom stereocenters. The molecule has 0 fully saturated rings. The van der Waals surface area contributed by atoms with Gasteiger partial charge in [-0.2, -0.15) is 0 Å². The molecule has 2 N–H and O–H groups in total. The van der Waals surface area contributed by atoms with Gasteiger partial charge >= 0.3 is 0 Å². The van der Waals surface area contributed by atoms with Gasteiger partial charge < -0.3 is 43.6 Å². The second-order valence-corrected chi connectivity index (χ2v) is 10.3. The summed E-state index contributed by atoms with van der Waals surface area (Å²) in [4.78, 5) is 22.0. The van der Waals surface area contributed by atoms with Gasteiger partial charge in [-0.3, -0.25) is 4.79 Å². The lowest BCUT2D eigenvalue weighted by atomic mass is 10.0. The number of aryl methyl sites for hydroxylation is 1. The number of aromatic nitrogens is 2. The van der Waals surface area contributed by atoms with Gasteiger partial charge in [0.1, 0.15) is 5.82 Å². The molecule has 4 aliphatic rings. The van der Waals surface area contributed by atoms with E-state index in [4.69, 9.17) is 48.6 Å². The fourth-order valence-corrected chi connectivity index (χ4v) is 5.34. The van der Waals surface area contributed by atoms with Gasteiger partial charge in [0.15, 0.2) is 51.8 Å². The van der Waals surface area contributed by atoms with Crippen molar-refractivity contribution in [1.29, 1.82) is 0 Å². The van der Waals surface area contributed by atoms with Crippen LogP contribution < -0.4 is 43.6 Å². The molecule has 5 heterocycles. The van der Waals surface area contributed by atoms with E-state index < -0.39 is 0 Å². The second-order valence-electron chi connectivity index (χ2n) is 10.3. The van der Waals surface area contributed by atoms with E-state index in [0.29, 0.717) is 39.8 Å². The maximum atomic E-state index is 12.6. The molecule has 0 radical (unpaired) electrons. The molecule has 45 heavy (non-hydrogen) atoms. The lowest BCUT2D eigenvalue weighted by Gasteiger charge is -2.10. The van der Waals surface area contributed by atoms with Crippen LogP contribution >= 0.6 is 0 Å². The van der Waals surface area contributed by atoms with Crippen LogP contribution in [0.1, 0.15) is 28.7 Å². The Morgan fingerprint density at radius 1 is 0.644 bits per heavy atom. The number of carbonyl (C=O) groups is 1. The minimum absolute atomic E-state index is 0.135. The average Bonchev–Trinajstić information content (AvgIpc) is 3.89. The number of nitrogens with two attached hydrogens (primary N) is 1. The van der Waals surface area contributed by atoms with E-state index in [2.05, 4.69) is 4.98 Å². The van der Waals surface area contributed by atoms with Gasteiger partial charge in [0.05, 0.1) is 11.2 Å². The number of ketones is 1. The summed E-state index contributed by atoms with van der Waals surface area (Å²) in [5, 5.41) is 0.926. The highest BCUT2D eigenvalue weighted by Crippen LogP contribution is 2.41. The van der Waals surface area contributed by atoms with Gasteiger partial charge in [0.25, 0.3) is 0 Å². The number of hydrogen-bond donors (Lipinski definition) is 1. The molecule has 4 aliphatic heterocycles. The van der Waals surface area contributed by atoms with Crippen LogP contribution in [0.3, 0.4) is 0 Å². The first-order valence-electron chi connectivity index (χ1n) is 14.2. The fraction of sp³-hybridized carbons (Fsp3) is 0.182.